The van der Waals surface area contributed by atoms with Gasteiger partial charge in [0, 0.05) is 32.1 Å². The maximum atomic E-state index is 11.5. The molecular formula is C11H18N4O2S. The summed E-state index contributed by atoms with van der Waals surface area (Å²) in [5.41, 5.74) is 0.915. The molecule has 1 aromatic rings. The van der Waals surface area contributed by atoms with Gasteiger partial charge in [-0.15, -0.1) is 0 Å². The van der Waals surface area contributed by atoms with Crippen LogP contribution in [-0.2, 0) is 10.0 Å². The minimum absolute atomic E-state index is 0.161. The number of sulfonamides is 1. The van der Waals surface area contributed by atoms with Crippen molar-refractivity contribution in [2.24, 2.45) is 0 Å². The highest BCUT2D eigenvalue weighted by Crippen LogP contribution is 2.28. The lowest BCUT2D eigenvalue weighted by molar-refractivity contribution is 0.477. The number of hydrogen-bond acceptors (Lipinski definition) is 5. The van der Waals surface area contributed by atoms with Crippen LogP contribution in [-0.4, -0.2) is 49.1 Å². The molecule has 2 rings (SSSR count). The van der Waals surface area contributed by atoms with Crippen molar-refractivity contribution in [2.75, 3.05) is 31.7 Å². The quantitative estimate of drug-likeness (QED) is 0.869. The third-order valence-electron chi connectivity index (χ3n) is 3.15. The third kappa shape index (κ3) is 2.78. The van der Waals surface area contributed by atoms with Gasteiger partial charge in [0.15, 0.2) is 0 Å². The van der Waals surface area contributed by atoms with E-state index in [0.29, 0.717) is 18.9 Å². The second-order valence-electron chi connectivity index (χ2n) is 4.58. The lowest BCUT2D eigenvalue weighted by atomic mass is 10.0. The van der Waals surface area contributed by atoms with Gasteiger partial charge in [0.2, 0.25) is 10.0 Å². The Morgan fingerprint density at radius 2 is 2.17 bits per heavy atom. The Bertz CT molecular complexity index is 544. The van der Waals surface area contributed by atoms with E-state index in [0.717, 1.165) is 17.9 Å². The highest BCUT2D eigenvalue weighted by Gasteiger charge is 2.30. The summed E-state index contributed by atoms with van der Waals surface area (Å²) in [7, 11) is -1.29. The van der Waals surface area contributed by atoms with Crippen LogP contribution in [0.1, 0.15) is 23.9 Å². The molecule has 0 amide bonds. The zero-order valence-electron chi connectivity index (χ0n) is 10.8. The van der Waals surface area contributed by atoms with Crippen molar-refractivity contribution >= 4 is 15.8 Å². The molecule has 0 spiro atoms. The Balaban J connectivity index is 2.21. The lowest BCUT2D eigenvalue weighted by Crippen LogP contribution is -2.27. The molecule has 100 valence electrons. The van der Waals surface area contributed by atoms with Crippen LogP contribution < -0.4 is 5.32 Å². The minimum atomic E-state index is -3.09. The smallest absolute Gasteiger partial charge is 0.211 e. The second kappa shape index (κ2) is 4.81. The first-order valence-corrected chi connectivity index (χ1v) is 7.73. The average molecular weight is 270 g/mol. The summed E-state index contributed by atoms with van der Waals surface area (Å²) >= 11 is 0. The van der Waals surface area contributed by atoms with Crippen LogP contribution >= 0.6 is 0 Å². The van der Waals surface area contributed by atoms with Gasteiger partial charge in [-0.2, -0.15) is 0 Å². The molecule has 1 unspecified atom stereocenters. The second-order valence-corrected chi connectivity index (χ2v) is 6.56. The summed E-state index contributed by atoms with van der Waals surface area (Å²) in [5, 5.41) is 2.99. The molecule has 0 radical (unpaired) electrons. The SMILES string of the molecule is CNc1cc(C2CCN(S(C)(=O)=O)C2)nc(C)n1. The van der Waals surface area contributed by atoms with E-state index in [-0.39, 0.29) is 5.92 Å². The van der Waals surface area contributed by atoms with E-state index in [2.05, 4.69) is 15.3 Å². The highest BCUT2D eigenvalue weighted by molar-refractivity contribution is 7.88. The van der Waals surface area contributed by atoms with Gasteiger partial charge in [-0.1, -0.05) is 0 Å². The van der Waals surface area contributed by atoms with E-state index in [1.54, 1.807) is 0 Å². The molecular weight excluding hydrogens is 252 g/mol. The summed E-state index contributed by atoms with van der Waals surface area (Å²) in [4.78, 5) is 8.65. The van der Waals surface area contributed by atoms with Crippen LogP contribution in [0.2, 0.25) is 0 Å². The maximum Gasteiger partial charge on any atom is 0.211 e. The molecule has 6 nitrogen and oxygen atoms in total. The predicted octanol–water partition coefficient (Wildman–Crippen LogP) is 0.576. The van der Waals surface area contributed by atoms with Crippen molar-refractivity contribution in [1.29, 1.82) is 0 Å². The van der Waals surface area contributed by atoms with Gasteiger partial charge >= 0.3 is 0 Å². The number of nitrogens with one attached hydrogen (secondary N) is 1. The molecule has 0 saturated carbocycles. The van der Waals surface area contributed by atoms with Crippen molar-refractivity contribution in [2.45, 2.75) is 19.3 Å². The van der Waals surface area contributed by atoms with E-state index in [9.17, 15) is 8.42 Å². The van der Waals surface area contributed by atoms with E-state index in [1.807, 2.05) is 20.0 Å². The van der Waals surface area contributed by atoms with E-state index < -0.39 is 10.0 Å². The number of anilines is 1. The van der Waals surface area contributed by atoms with Gasteiger partial charge in [0.05, 0.1) is 11.9 Å². The van der Waals surface area contributed by atoms with Gasteiger partial charge in [-0.25, -0.2) is 22.7 Å². The molecule has 0 bridgehead atoms. The molecule has 7 heteroatoms. The van der Waals surface area contributed by atoms with E-state index >= 15 is 0 Å². The van der Waals surface area contributed by atoms with E-state index in [1.165, 1.54) is 10.6 Å². The molecule has 1 saturated heterocycles. The van der Waals surface area contributed by atoms with Crippen LogP contribution in [0.15, 0.2) is 6.07 Å². The van der Waals surface area contributed by atoms with Crippen molar-refractivity contribution < 1.29 is 8.42 Å². The molecule has 1 fully saturated rings. The van der Waals surface area contributed by atoms with Crippen LogP contribution in [0.5, 0.6) is 0 Å². The molecule has 1 aliphatic rings. The van der Waals surface area contributed by atoms with Crippen LogP contribution in [0.25, 0.3) is 0 Å². The Morgan fingerprint density at radius 3 is 2.72 bits per heavy atom. The normalized spacial score (nSPS) is 21.2. The van der Waals surface area contributed by atoms with Gasteiger partial charge < -0.3 is 5.32 Å². The summed E-state index contributed by atoms with van der Waals surface area (Å²) in [5.74, 6) is 1.64. The van der Waals surface area contributed by atoms with Crippen molar-refractivity contribution in [3.8, 4) is 0 Å². The summed E-state index contributed by atoms with van der Waals surface area (Å²) in [6, 6.07) is 1.89. The van der Waals surface area contributed by atoms with Crippen LogP contribution in [0.4, 0.5) is 5.82 Å². The molecule has 18 heavy (non-hydrogen) atoms. The van der Waals surface area contributed by atoms with Gasteiger partial charge in [0.25, 0.3) is 0 Å². The van der Waals surface area contributed by atoms with Gasteiger partial charge in [0.1, 0.15) is 11.6 Å². The Morgan fingerprint density at radius 1 is 1.44 bits per heavy atom. The first-order chi connectivity index (χ1) is 8.40. The van der Waals surface area contributed by atoms with Gasteiger partial charge in [-0.05, 0) is 13.3 Å². The number of aryl methyl sites for hydroxylation is 1. The first-order valence-electron chi connectivity index (χ1n) is 5.88. The molecule has 1 aliphatic heterocycles. The third-order valence-corrected chi connectivity index (χ3v) is 4.42. The van der Waals surface area contributed by atoms with E-state index in [4.69, 9.17) is 0 Å². The number of hydrogen-bond donors (Lipinski definition) is 1. The van der Waals surface area contributed by atoms with Crippen molar-refractivity contribution in [1.82, 2.24) is 14.3 Å². The average Bonchev–Trinajstić information content (AvgIpc) is 2.77. The zero-order chi connectivity index (χ0) is 13.3. The Labute approximate surface area is 107 Å². The number of rotatable bonds is 3. The molecule has 2 heterocycles. The molecule has 1 aromatic heterocycles. The van der Waals surface area contributed by atoms with Gasteiger partial charge in [-0.3, -0.25) is 0 Å². The topological polar surface area (TPSA) is 75.2 Å². The molecule has 1 atom stereocenters. The Kier molecular flexibility index (Phi) is 3.54. The number of aromatic nitrogens is 2. The summed E-state index contributed by atoms with van der Waals surface area (Å²) in [6.07, 6.45) is 2.06. The number of nitrogens with zero attached hydrogens (tertiary/aromatic N) is 3. The van der Waals surface area contributed by atoms with Crippen molar-refractivity contribution in [3.05, 3.63) is 17.6 Å². The summed E-state index contributed by atoms with van der Waals surface area (Å²) < 4.78 is 24.5. The standard InChI is InChI=1S/C11H18N4O2S/c1-8-13-10(6-11(12-2)14-8)9-4-5-15(7-9)18(3,16)17/h6,9H,4-5,7H2,1-3H3,(H,12,13,14). The molecule has 1 N–H and O–H groups in total. The van der Waals surface area contributed by atoms with Crippen LogP contribution in [0, 0.1) is 6.92 Å². The predicted molar refractivity (Wildman–Crippen MR) is 70.1 cm³/mol. The molecule has 0 aliphatic carbocycles. The van der Waals surface area contributed by atoms with Crippen LogP contribution in [0.3, 0.4) is 0 Å². The lowest BCUT2D eigenvalue weighted by Gasteiger charge is -2.14. The maximum absolute atomic E-state index is 11.5. The highest BCUT2D eigenvalue weighted by atomic mass is 32.2. The molecule has 0 aromatic carbocycles. The largest absolute Gasteiger partial charge is 0.373 e. The summed E-state index contributed by atoms with van der Waals surface area (Å²) in [6.45, 7) is 2.92. The zero-order valence-corrected chi connectivity index (χ0v) is 11.7. The monoisotopic (exact) mass is 270 g/mol. The fourth-order valence-electron chi connectivity index (χ4n) is 2.20. The fraction of sp³-hybridized carbons (Fsp3) is 0.636. The minimum Gasteiger partial charge on any atom is -0.373 e. The van der Waals surface area contributed by atoms with Crippen molar-refractivity contribution in [3.63, 3.8) is 0 Å². The fourth-order valence-corrected chi connectivity index (χ4v) is 3.09. The Hall–Kier alpha value is -1.21. The first kappa shape index (κ1) is 13.2.